The molecule has 2 N–H and O–H groups in total. The molecule has 0 aliphatic rings. The van der Waals surface area contributed by atoms with Gasteiger partial charge in [-0.15, -0.1) is 0 Å². The summed E-state index contributed by atoms with van der Waals surface area (Å²) in [6.45, 7) is 18.1. The standard InChI is InChI=1S/C30H48N2O2/c1-10-28(2,3)25-15-11-13-23(19-25)20-31(8)17-18-32(9)21-24-14-12-16-26(27(24)33)29(4,5)22-30(6,7)34/h11-16,19,33-34H,10,17-18,20-22H2,1-9H3. The van der Waals surface area contributed by atoms with Crippen molar-refractivity contribution >= 4 is 0 Å². The maximum atomic E-state index is 11.0. The van der Waals surface area contributed by atoms with Gasteiger partial charge in [-0.05, 0) is 68.3 Å². The van der Waals surface area contributed by atoms with Crippen molar-refractivity contribution in [3.05, 3.63) is 64.7 Å². The molecule has 0 radical (unpaired) electrons. The number of para-hydroxylation sites is 1. The second-order valence-corrected chi connectivity index (χ2v) is 12.1. The summed E-state index contributed by atoms with van der Waals surface area (Å²) in [5, 5.41) is 21.4. The van der Waals surface area contributed by atoms with Gasteiger partial charge >= 0.3 is 0 Å². The van der Waals surface area contributed by atoms with Crippen molar-refractivity contribution in [1.82, 2.24) is 9.80 Å². The van der Waals surface area contributed by atoms with Gasteiger partial charge in [0.05, 0.1) is 5.60 Å². The minimum absolute atomic E-state index is 0.201. The fraction of sp³-hybridized carbons (Fsp3) is 0.600. The molecule has 0 fully saturated rings. The van der Waals surface area contributed by atoms with Crippen LogP contribution in [0, 0.1) is 0 Å². The lowest BCUT2D eigenvalue weighted by Gasteiger charge is -2.33. The van der Waals surface area contributed by atoms with E-state index in [0.717, 1.165) is 37.2 Å². The zero-order valence-electron chi connectivity index (χ0n) is 23.1. The smallest absolute Gasteiger partial charge is 0.123 e. The van der Waals surface area contributed by atoms with Crippen LogP contribution < -0.4 is 0 Å². The fourth-order valence-corrected chi connectivity index (χ4v) is 4.84. The molecule has 34 heavy (non-hydrogen) atoms. The van der Waals surface area contributed by atoms with E-state index in [1.807, 2.05) is 32.0 Å². The average Bonchev–Trinajstić information content (AvgIpc) is 2.72. The van der Waals surface area contributed by atoms with Crippen molar-refractivity contribution < 1.29 is 10.2 Å². The summed E-state index contributed by atoms with van der Waals surface area (Å²) in [6.07, 6.45) is 1.70. The zero-order chi connectivity index (χ0) is 25.7. The SMILES string of the molecule is CCC(C)(C)c1cccc(CN(C)CCN(C)Cc2cccc(C(C)(C)CC(C)(C)O)c2O)c1. The highest BCUT2D eigenvalue weighted by Crippen LogP contribution is 2.39. The second kappa shape index (κ2) is 11.2. The van der Waals surface area contributed by atoms with Gasteiger partial charge in [-0.1, -0.05) is 77.1 Å². The summed E-state index contributed by atoms with van der Waals surface area (Å²) in [5.74, 6) is 0.354. The molecule has 0 saturated carbocycles. The van der Waals surface area contributed by atoms with Crippen LogP contribution in [0.25, 0.3) is 0 Å². The minimum atomic E-state index is -0.793. The number of phenolic OH excluding ortho intramolecular Hbond substituents is 1. The summed E-state index contributed by atoms with van der Waals surface area (Å²) >= 11 is 0. The van der Waals surface area contributed by atoms with E-state index in [4.69, 9.17) is 0 Å². The zero-order valence-corrected chi connectivity index (χ0v) is 23.1. The van der Waals surface area contributed by atoms with Crippen LogP contribution in [0.15, 0.2) is 42.5 Å². The Labute approximate surface area is 208 Å². The topological polar surface area (TPSA) is 46.9 Å². The lowest BCUT2D eigenvalue weighted by molar-refractivity contribution is 0.0497. The summed E-state index contributed by atoms with van der Waals surface area (Å²) < 4.78 is 0. The van der Waals surface area contributed by atoms with Crippen LogP contribution in [0.5, 0.6) is 5.75 Å². The third-order valence-corrected chi connectivity index (χ3v) is 7.07. The number of aliphatic hydroxyl groups is 1. The molecule has 0 spiro atoms. The van der Waals surface area contributed by atoms with Crippen LogP contribution in [0.2, 0.25) is 0 Å². The van der Waals surface area contributed by atoms with Crippen LogP contribution in [-0.2, 0) is 23.9 Å². The van der Waals surface area contributed by atoms with Crippen molar-refractivity contribution in [3.8, 4) is 5.75 Å². The Morgan fingerprint density at radius 2 is 1.38 bits per heavy atom. The third-order valence-electron chi connectivity index (χ3n) is 7.07. The molecule has 0 aromatic heterocycles. The largest absolute Gasteiger partial charge is 0.507 e. The van der Waals surface area contributed by atoms with E-state index in [1.54, 1.807) is 0 Å². The van der Waals surface area contributed by atoms with Gasteiger partial charge in [0.1, 0.15) is 5.75 Å². The first-order chi connectivity index (χ1) is 15.6. The second-order valence-electron chi connectivity index (χ2n) is 12.1. The summed E-state index contributed by atoms with van der Waals surface area (Å²) in [4.78, 5) is 4.62. The molecule has 0 heterocycles. The number of aromatic hydroxyl groups is 1. The minimum Gasteiger partial charge on any atom is -0.507 e. The van der Waals surface area contributed by atoms with E-state index in [-0.39, 0.29) is 10.8 Å². The van der Waals surface area contributed by atoms with Gasteiger partial charge in [0, 0.05) is 31.7 Å². The average molecular weight is 469 g/mol. The van der Waals surface area contributed by atoms with E-state index < -0.39 is 5.60 Å². The Kier molecular flexibility index (Phi) is 9.37. The highest BCUT2D eigenvalue weighted by molar-refractivity contribution is 5.44. The Morgan fingerprint density at radius 1 is 0.794 bits per heavy atom. The van der Waals surface area contributed by atoms with Crippen molar-refractivity contribution in [3.63, 3.8) is 0 Å². The number of benzene rings is 2. The summed E-state index contributed by atoms with van der Waals surface area (Å²) in [7, 11) is 4.27. The molecule has 4 heteroatoms. The highest BCUT2D eigenvalue weighted by atomic mass is 16.3. The van der Waals surface area contributed by atoms with Crippen LogP contribution in [0.4, 0.5) is 0 Å². The maximum absolute atomic E-state index is 11.0. The normalized spacial score (nSPS) is 13.2. The molecule has 0 aliphatic heterocycles. The van der Waals surface area contributed by atoms with E-state index in [1.165, 1.54) is 11.1 Å². The number of nitrogens with zero attached hydrogens (tertiary/aromatic N) is 2. The molecule has 0 atom stereocenters. The molecule has 0 aliphatic carbocycles. The lowest BCUT2D eigenvalue weighted by atomic mass is 9.75. The van der Waals surface area contributed by atoms with Gasteiger partial charge < -0.3 is 20.0 Å². The molecule has 0 saturated heterocycles. The number of phenols is 1. The molecule has 0 unspecified atom stereocenters. The van der Waals surface area contributed by atoms with E-state index in [0.29, 0.717) is 18.7 Å². The molecule has 4 nitrogen and oxygen atoms in total. The van der Waals surface area contributed by atoms with Crippen molar-refractivity contribution in [2.24, 2.45) is 0 Å². The Balaban J connectivity index is 1.98. The first kappa shape index (κ1) is 28.4. The van der Waals surface area contributed by atoms with Crippen LogP contribution in [0.1, 0.15) is 83.6 Å². The molecule has 2 aromatic carbocycles. The molecular weight excluding hydrogens is 420 g/mol. The maximum Gasteiger partial charge on any atom is 0.123 e. The fourth-order valence-electron chi connectivity index (χ4n) is 4.84. The Morgan fingerprint density at radius 3 is 1.97 bits per heavy atom. The van der Waals surface area contributed by atoms with Crippen molar-refractivity contribution in [1.29, 1.82) is 0 Å². The predicted molar refractivity (Wildman–Crippen MR) is 144 cm³/mol. The summed E-state index contributed by atoms with van der Waals surface area (Å²) in [5.41, 5.74) is 3.67. The van der Waals surface area contributed by atoms with E-state index in [2.05, 4.69) is 82.8 Å². The molecule has 0 bridgehead atoms. The Bertz CT molecular complexity index is 928. The van der Waals surface area contributed by atoms with Crippen molar-refractivity contribution in [2.45, 2.75) is 90.8 Å². The van der Waals surface area contributed by atoms with Crippen LogP contribution >= 0.6 is 0 Å². The number of likely N-dealkylation sites (N-methyl/N-ethyl adjacent to an activating group) is 2. The summed E-state index contributed by atoms with van der Waals surface area (Å²) in [6, 6.07) is 15.0. The number of hydrogen-bond acceptors (Lipinski definition) is 4. The molecule has 0 amide bonds. The van der Waals surface area contributed by atoms with Gasteiger partial charge in [0.2, 0.25) is 0 Å². The van der Waals surface area contributed by atoms with E-state index in [9.17, 15) is 10.2 Å². The highest BCUT2D eigenvalue weighted by Gasteiger charge is 2.31. The van der Waals surface area contributed by atoms with Gasteiger partial charge in [-0.2, -0.15) is 0 Å². The quantitative estimate of drug-likeness (QED) is 0.396. The van der Waals surface area contributed by atoms with Crippen LogP contribution in [0.3, 0.4) is 0 Å². The van der Waals surface area contributed by atoms with Gasteiger partial charge in [-0.25, -0.2) is 0 Å². The van der Waals surface area contributed by atoms with Gasteiger partial charge in [-0.3, -0.25) is 0 Å². The molecule has 2 rings (SSSR count). The number of hydrogen-bond donors (Lipinski definition) is 2. The molecule has 2 aromatic rings. The first-order valence-corrected chi connectivity index (χ1v) is 12.6. The Hall–Kier alpha value is -1.88. The molecular formula is C30H48N2O2. The monoisotopic (exact) mass is 468 g/mol. The third kappa shape index (κ3) is 8.11. The van der Waals surface area contributed by atoms with Crippen molar-refractivity contribution in [2.75, 3.05) is 27.2 Å². The van der Waals surface area contributed by atoms with Crippen LogP contribution in [-0.4, -0.2) is 52.8 Å². The van der Waals surface area contributed by atoms with E-state index >= 15 is 0 Å². The van der Waals surface area contributed by atoms with Gasteiger partial charge in [0.25, 0.3) is 0 Å². The van der Waals surface area contributed by atoms with Gasteiger partial charge in [0.15, 0.2) is 0 Å². The lowest BCUT2D eigenvalue weighted by Crippen LogP contribution is -2.32. The first-order valence-electron chi connectivity index (χ1n) is 12.6. The predicted octanol–water partition coefficient (Wildman–Crippen LogP) is 6.08. The molecule has 190 valence electrons. The number of rotatable bonds is 12.